The van der Waals surface area contributed by atoms with Crippen molar-refractivity contribution in [1.82, 2.24) is 20.1 Å². The number of halogens is 1. The van der Waals surface area contributed by atoms with Crippen molar-refractivity contribution in [3.8, 4) is 5.88 Å². The molecule has 0 aliphatic carbocycles. The lowest BCUT2D eigenvalue weighted by molar-refractivity contribution is 0.172. The number of benzene rings is 1. The van der Waals surface area contributed by atoms with Crippen LogP contribution in [-0.4, -0.2) is 60.6 Å². The van der Waals surface area contributed by atoms with E-state index in [2.05, 4.69) is 57.4 Å². The summed E-state index contributed by atoms with van der Waals surface area (Å²) in [6.45, 7) is 8.55. The Morgan fingerprint density at radius 2 is 1.86 bits per heavy atom. The summed E-state index contributed by atoms with van der Waals surface area (Å²) in [7, 11) is 1.65. The minimum atomic E-state index is 0. The van der Waals surface area contributed by atoms with E-state index in [1.54, 1.807) is 13.3 Å². The van der Waals surface area contributed by atoms with Crippen molar-refractivity contribution in [1.29, 1.82) is 0 Å². The summed E-state index contributed by atoms with van der Waals surface area (Å²) >= 11 is 0. The van der Waals surface area contributed by atoms with Gasteiger partial charge in [0.1, 0.15) is 0 Å². The molecule has 0 radical (unpaired) electrons. The van der Waals surface area contributed by atoms with E-state index in [4.69, 9.17) is 9.73 Å². The van der Waals surface area contributed by atoms with Crippen molar-refractivity contribution in [3.63, 3.8) is 0 Å². The van der Waals surface area contributed by atoms with Crippen LogP contribution in [0, 0.1) is 0 Å². The maximum atomic E-state index is 5.33. The van der Waals surface area contributed by atoms with Crippen LogP contribution in [0.5, 0.6) is 5.88 Å². The fourth-order valence-electron chi connectivity index (χ4n) is 3.27. The van der Waals surface area contributed by atoms with Gasteiger partial charge in [-0.2, -0.15) is 0 Å². The molecule has 0 unspecified atom stereocenters. The molecule has 0 bridgehead atoms. The van der Waals surface area contributed by atoms with E-state index >= 15 is 0 Å². The Labute approximate surface area is 185 Å². The van der Waals surface area contributed by atoms with Crippen molar-refractivity contribution in [2.45, 2.75) is 20.0 Å². The van der Waals surface area contributed by atoms with Crippen molar-refractivity contribution >= 4 is 29.9 Å². The zero-order valence-corrected chi connectivity index (χ0v) is 19.0. The molecule has 28 heavy (non-hydrogen) atoms. The molecule has 6 nitrogen and oxygen atoms in total. The third kappa shape index (κ3) is 6.34. The maximum Gasteiger partial charge on any atom is 0.218 e. The van der Waals surface area contributed by atoms with E-state index in [1.807, 2.05) is 12.1 Å². The molecule has 0 atom stereocenters. The van der Waals surface area contributed by atoms with Gasteiger partial charge in [-0.25, -0.2) is 9.98 Å². The number of rotatable bonds is 6. The van der Waals surface area contributed by atoms with Gasteiger partial charge in [0, 0.05) is 51.0 Å². The largest absolute Gasteiger partial charge is 0.481 e. The molecule has 1 aromatic heterocycles. The van der Waals surface area contributed by atoms with Gasteiger partial charge in [0.05, 0.1) is 13.7 Å². The van der Waals surface area contributed by atoms with Crippen LogP contribution in [0.25, 0.3) is 0 Å². The van der Waals surface area contributed by atoms with Gasteiger partial charge in [-0.15, -0.1) is 24.0 Å². The summed E-state index contributed by atoms with van der Waals surface area (Å²) in [6.07, 6.45) is 1.74. The number of piperazine rings is 1. The Morgan fingerprint density at radius 3 is 2.54 bits per heavy atom. The van der Waals surface area contributed by atoms with Crippen LogP contribution in [0.4, 0.5) is 0 Å². The number of guanidine groups is 1. The maximum absolute atomic E-state index is 5.33. The van der Waals surface area contributed by atoms with Crippen LogP contribution < -0.4 is 10.1 Å². The number of nitrogens with zero attached hydrogens (tertiary/aromatic N) is 4. The van der Waals surface area contributed by atoms with Crippen LogP contribution in [-0.2, 0) is 13.1 Å². The standard InChI is InChI=1S/C21H29N5O.HI/c1-3-22-21(24-16-19-10-7-11-23-20(19)27-2)26-14-12-25(13-15-26)17-18-8-5-4-6-9-18;/h4-11H,3,12-17H2,1-2H3,(H,22,24);1H. The SMILES string of the molecule is CCNC(=NCc1cccnc1OC)N1CCN(Cc2ccccc2)CC1.I. The average Bonchev–Trinajstić information content (AvgIpc) is 2.73. The van der Waals surface area contributed by atoms with Crippen molar-refractivity contribution in [3.05, 3.63) is 59.8 Å². The summed E-state index contributed by atoms with van der Waals surface area (Å²) in [4.78, 5) is 13.9. The van der Waals surface area contributed by atoms with E-state index in [0.717, 1.165) is 50.8 Å². The Kier molecular flexibility index (Phi) is 9.49. The number of hydrogen-bond acceptors (Lipinski definition) is 4. The first-order chi connectivity index (χ1) is 13.3. The lowest BCUT2D eigenvalue weighted by Crippen LogP contribution is -2.52. The van der Waals surface area contributed by atoms with E-state index in [1.165, 1.54) is 5.56 Å². The number of nitrogens with one attached hydrogen (secondary N) is 1. The highest BCUT2D eigenvalue weighted by molar-refractivity contribution is 14.0. The monoisotopic (exact) mass is 495 g/mol. The van der Waals surface area contributed by atoms with Gasteiger partial charge in [0.25, 0.3) is 0 Å². The van der Waals surface area contributed by atoms with Crippen LogP contribution >= 0.6 is 24.0 Å². The zero-order chi connectivity index (χ0) is 18.9. The van der Waals surface area contributed by atoms with Crippen LogP contribution in [0.2, 0.25) is 0 Å². The Hall–Kier alpha value is -1.87. The molecule has 7 heteroatoms. The number of aliphatic imine (C=N–C) groups is 1. The molecule has 1 saturated heterocycles. The topological polar surface area (TPSA) is 53.0 Å². The highest BCUT2D eigenvalue weighted by atomic mass is 127. The van der Waals surface area contributed by atoms with Crippen molar-refractivity contribution in [2.75, 3.05) is 39.8 Å². The number of methoxy groups -OCH3 is 1. The molecule has 1 aliphatic heterocycles. The quantitative estimate of drug-likeness (QED) is 0.380. The molecular weight excluding hydrogens is 465 g/mol. The van der Waals surface area contributed by atoms with Crippen molar-refractivity contribution < 1.29 is 4.74 Å². The Balaban J connectivity index is 0.00000280. The van der Waals surface area contributed by atoms with E-state index in [9.17, 15) is 0 Å². The van der Waals surface area contributed by atoms with Crippen LogP contribution in [0.3, 0.4) is 0 Å². The predicted molar refractivity (Wildman–Crippen MR) is 124 cm³/mol. The number of aromatic nitrogens is 1. The molecule has 1 fully saturated rings. The van der Waals surface area contributed by atoms with Crippen LogP contribution in [0.15, 0.2) is 53.7 Å². The molecule has 3 rings (SSSR count). The third-order valence-electron chi connectivity index (χ3n) is 4.70. The second-order valence-electron chi connectivity index (χ2n) is 6.59. The zero-order valence-electron chi connectivity index (χ0n) is 16.7. The lowest BCUT2D eigenvalue weighted by Gasteiger charge is -2.36. The highest BCUT2D eigenvalue weighted by Crippen LogP contribution is 2.15. The Morgan fingerprint density at radius 1 is 1.11 bits per heavy atom. The van der Waals surface area contributed by atoms with Crippen LogP contribution in [0.1, 0.15) is 18.1 Å². The second kappa shape index (κ2) is 11.9. The molecule has 152 valence electrons. The average molecular weight is 495 g/mol. The van der Waals surface area contributed by atoms with Gasteiger partial charge in [0.15, 0.2) is 5.96 Å². The third-order valence-corrected chi connectivity index (χ3v) is 4.70. The molecular formula is C21H30IN5O. The minimum Gasteiger partial charge on any atom is -0.481 e. The Bertz CT molecular complexity index is 733. The number of hydrogen-bond donors (Lipinski definition) is 1. The summed E-state index contributed by atoms with van der Waals surface area (Å²) < 4.78 is 5.33. The normalized spacial score (nSPS) is 15.1. The first-order valence-corrected chi connectivity index (χ1v) is 9.57. The first-order valence-electron chi connectivity index (χ1n) is 9.57. The summed E-state index contributed by atoms with van der Waals surface area (Å²) in [5.41, 5.74) is 2.37. The highest BCUT2D eigenvalue weighted by Gasteiger charge is 2.19. The molecule has 0 spiro atoms. The fraction of sp³-hybridized carbons (Fsp3) is 0.429. The first kappa shape index (κ1) is 22.4. The number of pyridine rings is 1. The molecule has 1 aliphatic rings. The van der Waals surface area contributed by atoms with Crippen molar-refractivity contribution in [2.24, 2.45) is 4.99 Å². The minimum absolute atomic E-state index is 0. The summed E-state index contributed by atoms with van der Waals surface area (Å²) in [6, 6.07) is 14.6. The molecule has 2 aromatic rings. The molecule has 0 saturated carbocycles. The molecule has 1 N–H and O–H groups in total. The molecule has 0 amide bonds. The summed E-state index contributed by atoms with van der Waals surface area (Å²) in [5.74, 6) is 1.60. The van der Waals surface area contributed by atoms with Gasteiger partial charge in [0.2, 0.25) is 5.88 Å². The second-order valence-corrected chi connectivity index (χ2v) is 6.59. The van der Waals surface area contributed by atoms with Gasteiger partial charge in [-0.1, -0.05) is 36.4 Å². The van der Waals surface area contributed by atoms with Gasteiger partial charge >= 0.3 is 0 Å². The van der Waals surface area contributed by atoms with E-state index in [-0.39, 0.29) is 24.0 Å². The smallest absolute Gasteiger partial charge is 0.218 e. The van der Waals surface area contributed by atoms with Gasteiger partial charge in [-0.3, -0.25) is 4.90 Å². The van der Waals surface area contributed by atoms with Gasteiger partial charge in [-0.05, 0) is 18.6 Å². The number of ether oxygens (including phenoxy) is 1. The van der Waals surface area contributed by atoms with Gasteiger partial charge < -0.3 is 15.0 Å². The fourth-order valence-corrected chi connectivity index (χ4v) is 3.27. The molecule has 1 aromatic carbocycles. The lowest BCUT2D eigenvalue weighted by atomic mass is 10.2. The van der Waals surface area contributed by atoms with E-state index < -0.39 is 0 Å². The summed E-state index contributed by atoms with van der Waals surface area (Å²) in [5, 5.41) is 3.42. The molecule has 2 heterocycles. The predicted octanol–water partition coefficient (Wildman–Crippen LogP) is 2.99. The van der Waals surface area contributed by atoms with E-state index in [0.29, 0.717) is 12.4 Å².